The fraction of sp³-hybridized carbons (Fsp3) is 0.600. The minimum Gasteiger partial charge on any atom is -0.370 e. The number of anilines is 1. The normalized spacial score (nSPS) is 15.9. The lowest BCUT2D eigenvalue weighted by Crippen LogP contribution is -2.29. The Morgan fingerprint density at radius 3 is 2.79 bits per heavy atom. The molecule has 19 heavy (non-hydrogen) atoms. The summed E-state index contributed by atoms with van der Waals surface area (Å²) >= 11 is 0. The molecule has 1 aliphatic carbocycles. The van der Waals surface area contributed by atoms with Crippen LogP contribution in [0.5, 0.6) is 0 Å². The number of carbonyl (C=O) groups is 1. The minimum absolute atomic E-state index is 0.00169. The van der Waals surface area contributed by atoms with Gasteiger partial charge in [-0.05, 0) is 43.7 Å². The van der Waals surface area contributed by atoms with Gasteiger partial charge in [0.25, 0.3) is 5.91 Å². The van der Waals surface area contributed by atoms with Crippen molar-refractivity contribution in [2.75, 3.05) is 18.4 Å². The molecule has 1 amide bonds. The summed E-state index contributed by atoms with van der Waals surface area (Å²) in [6.45, 7) is 7.86. The zero-order valence-corrected chi connectivity index (χ0v) is 12.0. The second kappa shape index (κ2) is 5.59. The van der Waals surface area contributed by atoms with Crippen molar-refractivity contribution < 1.29 is 4.79 Å². The Hall–Kier alpha value is -1.58. The molecule has 4 nitrogen and oxygen atoms in total. The fourth-order valence-corrected chi connectivity index (χ4v) is 1.93. The van der Waals surface area contributed by atoms with Gasteiger partial charge in [-0.1, -0.05) is 13.8 Å². The van der Waals surface area contributed by atoms with Crippen LogP contribution in [-0.4, -0.2) is 24.0 Å². The molecule has 4 heteroatoms. The van der Waals surface area contributed by atoms with Crippen molar-refractivity contribution in [1.82, 2.24) is 10.3 Å². The minimum atomic E-state index is -0.00169. The molecule has 0 aliphatic heterocycles. The van der Waals surface area contributed by atoms with Crippen LogP contribution in [-0.2, 0) is 0 Å². The van der Waals surface area contributed by atoms with Crippen LogP contribution >= 0.6 is 0 Å². The van der Waals surface area contributed by atoms with E-state index in [9.17, 15) is 4.79 Å². The zero-order chi connectivity index (χ0) is 13.9. The highest BCUT2D eigenvalue weighted by atomic mass is 16.1. The van der Waals surface area contributed by atoms with E-state index in [1.165, 1.54) is 12.8 Å². The van der Waals surface area contributed by atoms with Gasteiger partial charge in [0.2, 0.25) is 0 Å². The third-order valence-corrected chi connectivity index (χ3v) is 3.55. The van der Waals surface area contributed by atoms with Crippen LogP contribution in [0.2, 0.25) is 0 Å². The van der Waals surface area contributed by atoms with Gasteiger partial charge in [-0.15, -0.1) is 0 Å². The van der Waals surface area contributed by atoms with Gasteiger partial charge in [0.05, 0.1) is 0 Å². The summed E-state index contributed by atoms with van der Waals surface area (Å²) in [5.74, 6) is 0.780. The molecule has 2 rings (SSSR count). The van der Waals surface area contributed by atoms with Crippen LogP contribution in [0.25, 0.3) is 0 Å². The molecule has 0 unspecified atom stereocenters. The van der Waals surface area contributed by atoms with Crippen molar-refractivity contribution >= 4 is 11.7 Å². The summed E-state index contributed by atoms with van der Waals surface area (Å²) in [7, 11) is 0. The van der Waals surface area contributed by atoms with Gasteiger partial charge in [0, 0.05) is 24.3 Å². The molecule has 1 heterocycles. The molecule has 104 valence electrons. The van der Waals surface area contributed by atoms with Gasteiger partial charge in [0.15, 0.2) is 0 Å². The quantitative estimate of drug-likeness (QED) is 0.828. The Labute approximate surface area is 115 Å². The molecule has 0 aromatic carbocycles. The van der Waals surface area contributed by atoms with Crippen LogP contribution in [0.4, 0.5) is 5.82 Å². The van der Waals surface area contributed by atoms with Crippen molar-refractivity contribution in [3.63, 3.8) is 0 Å². The number of pyridine rings is 1. The highest BCUT2D eigenvalue weighted by Crippen LogP contribution is 2.44. The van der Waals surface area contributed by atoms with E-state index in [0.717, 1.165) is 31.0 Å². The molecule has 1 aromatic heterocycles. The van der Waals surface area contributed by atoms with Gasteiger partial charge < -0.3 is 10.6 Å². The number of aromatic nitrogens is 1. The third kappa shape index (κ3) is 3.94. The molecular formula is C15H23N3O. The van der Waals surface area contributed by atoms with E-state index < -0.39 is 0 Å². The van der Waals surface area contributed by atoms with Gasteiger partial charge in [0.1, 0.15) is 5.82 Å². The lowest BCUT2D eigenvalue weighted by Gasteiger charge is -2.12. The first-order valence-corrected chi connectivity index (χ1v) is 7.03. The average Bonchev–Trinajstić information content (AvgIpc) is 3.11. The number of nitrogens with one attached hydrogen (secondary N) is 2. The summed E-state index contributed by atoms with van der Waals surface area (Å²) in [6.07, 6.45) is 3.47. The maximum absolute atomic E-state index is 12.1. The number of hydrogen-bond donors (Lipinski definition) is 2. The predicted octanol–water partition coefficient (Wildman–Crippen LogP) is 2.74. The van der Waals surface area contributed by atoms with E-state index in [0.29, 0.717) is 11.0 Å². The van der Waals surface area contributed by atoms with Gasteiger partial charge in [-0.2, -0.15) is 0 Å². The van der Waals surface area contributed by atoms with Crippen molar-refractivity contribution in [1.29, 1.82) is 0 Å². The number of rotatable bonds is 6. The van der Waals surface area contributed by atoms with E-state index in [1.54, 1.807) is 0 Å². The number of nitrogens with zero attached hydrogens (tertiary/aromatic N) is 1. The Balaban J connectivity index is 2.01. The van der Waals surface area contributed by atoms with Crippen molar-refractivity contribution in [3.05, 3.63) is 23.4 Å². The zero-order valence-electron chi connectivity index (χ0n) is 12.0. The van der Waals surface area contributed by atoms with Gasteiger partial charge >= 0.3 is 0 Å². The standard InChI is InChI=1S/C15H23N3O/c1-4-7-16-13-9-12(8-11(2)18-13)14(19)17-10-15(3)5-6-15/h8-9H,4-7,10H2,1-3H3,(H,16,18)(H,17,19). The van der Waals surface area contributed by atoms with Crippen molar-refractivity contribution in [2.45, 2.75) is 40.0 Å². The Morgan fingerprint density at radius 1 is 1.42 bits per heavy atom. The van der Waals surface area contributed by atoms with E-state index in [1.807, 2.05) is 19.1 Å². The molecule has 1 aliphatic rings. The smallest absolute Gasteiger partial charge is 0.251 e. The Morgan fingerprint density at radius 2 is 2.16 bits per heavy atom. The molecule has 2 N–H and O–H groups in total. The second-order valence-corrected chi connectivity index (χ2v) is 5.80. The topological polar surface area (TPSA) is 54.0 Å². The van der Waals surface area contributed by atoms with E-state index in [4.69, 9.17) is 0 Å². The number of aryl methyl sites for hydroxylation is 1. The van der Waals surface area contributed by atoms with Crippen LogP contribution in [0, 0.1) is 12.3 Å². The lowest BCUT2D eigenvalue weighted by atomic mass is 10.1. The van der Waals surface area contributed by atoms with Crippen LogP contribution < -0.4 is 10.6 Å². The maximum Gasteiger partial charge on any atom is 0.251 e. The maximum atomic E-state index is 12.1. The average molecular weight is 261 g/mol. The van der Waals surface area contributed by atoms with E-state index in [2.05, 4.69) is 29.5 Å². The monoisotopic (exact) mass is 261 g/mol. The van der Waals surface area contributed by atoms with Gasteiger partial charge in [-0.3, -0.25) is 4.79 Å². The van der Waals surface area contributed by atoms with Crippen LogP contribution in [0.15, 0.2) is 12.1 Å². The van der Waals surface area contributed by atoms with Crippen molar-refractivity contribution in [3.8, 4) is 0 Å². The summed E-state index contributed by atoms with van der Waals surface area (Å²) in [6, 6.07) is 3.66. The first-order valence-electron chi connectivity index (χ1n) is 7.03. The molecule has 0 spiro atoms. The van der Waals surface area contributed by atoms with Crippen LogP contribution in [0.3, 0.4) is 0 Å². The molecule has 0 bridgehead atoms. The van der Waals surface area contributed by atoms with E-state index in [-0.39, 0.29) is 5.91 Å². The fourth-order valence-electron chi connectivity index (χ4n) is 1.93. The number of hydrogen-bond acceptors (Lipinski definition) is 3. The summed E-state index contributed by atoms with van der Waals surface area (Å²) in [5, 5.41) is 6.24. The number of amides is 1. The first kappa shape index (κ1) is 13.8. The number of carbonyl (C=O) groups excluding carboxylic acids is 1. The second-order valence-electron chi connectivity index (χ2n) is 5.80. The summed E-state index contributed by atoms with van der Waals surface area (Å²) in [5.41, 5.74) is 1.89. The van der Waals surface area contributed by atoms with E-state index >= 15 is 0 Å². The van der Waals surface area contributed by atoms with Crippen molar-refractivity contribution in [2.24, 2.45) is 5.41 Å². The molecule has 0 radical (unpaired) electrons. The molecule has 1 aromatic rings. The molecular weight excluding hydrogens is 238 g/mol. The molecule has 1 saturated carbocycles. The third-order valence-electron chi connectivity index (χ3n) is 3.55. The van der Waals surface area contributed by atoms with Gasteiger partial charge in [-0.25, -0.2) is 4.98 Å². The summed E-state index contributed by atoms with van der Waals surface area (Å²) < 4.78 is 0. The predicted molar refractivity (Wildman–Crippen MR) is 77.4 cm³/mol. The lowest BCUT2D eigenvalue weighted by molar-refractivity contribution is 0.0946. The Kier molecular flexibility index (Phi) is 4.08. The first-order chi connectivity index (χ1) is 9.02. The molecule has 0 saturated heterocycles. The highest BCUT2D eigenvalue weighted by Gasteiger charge is 2.37. The highest BCUT2D eigenvalue weighted by molar-refractivity contribution is 5.95. The summed E-state index contributed by atoms with van der Waals surface area (Å²) in [4.78, 5) is 16.5. The SMILES string of the molecule is CCCNc1cc(C(=O)NCC2(C)CC2)cc(C)n1. The molecule has 1 fully saturated rings. The van der Waals surface area contributed by atoms with Crippen LogP contribution in [0.1, 0.15) is 49.2 Å². The largest absolute Gasteiger partial charge is 0.370 e. The Bertz CT molecular complexity index is 466. The molecule has 0 atom stereocenters.